The van der Waals surface area contributed by atoms with E-state index in [1.807, 2.05) is 0 Å². The predicted molar refractivity (Wildman–Crippen MR) is 51.8 cm³/mol. The lowest BCUT2D eigenvalue weighted by Crippen LogP contribution is -2.53. The molecule has 0 bridgehead atoms. The third-order valence-electron chi connectivity index (χ3n) is 2.18. The van der Waals surface area contributed by atoms with Gasteiger partial charge in [0.15, 0.2) is 0 Å². The molecular weight excluding hydrogens is 184 g/mol. The van der Waals surface area contributed by atoms with E-state index >= 15 is 0 Å². The minimum atomic E-state index is -0.425. The smallest absolute Gasteiger partial charge is 0.237 e. The quantitative estimate of drug-likeness (QED) is 0.556. The van der Waals surface area contributed by atoms with Crippen molar-refractivity contribution in [3.8, 4) is 0 Å². The summed E-state index contributed by atoms with van der Waals surface area (Å²) in [5, 5.41) is 2.81. The number of hydrogen-bond acceptors (Lipinski definition) is 4. The van der Waals surface area contributed by atoms with Gasteiger partial charge in [-0.2, -0.15) is 0 Å². The maximum atomic E-state index is 11.4. The predicted octanol–water partition coefficient (Wildman–Crippen LogP) is -0.745. The Bertz CT molecular complexity index is 183. The largest absolute Gasteiger partial charge is 0.385 e. The van der Waals surface area contributed by atoms with Gasteiger partial charge in [0.05, 0.1) is 25.3 Å². The highest BCUT2D eigenvalue weighted by Gasteiger charge is 2.22. The molecule has 82 valence electrons. The summed E-state index contributed by atoms with van der Waals surface area (Å²) >= 11 is 0. The van der Waals surface area contributed by atoms with E-state index in [2.05, 4.69) is 5.32 Å². The number of rotatable bonds is 6. The summed E-state index contributed by atoms with van der Waals surface area (Å²) in [6.45, 7) is 1.86. The average Bonchev–Trinajstić information content (AvgIpc) is 2.11. The van der Waals surface area contributed by atoms with Crippen molar-refractivity contribution in [2.45, 2.75) is 24.9 Å². The number of methoxy groups -OCH3 is 1. The van der Waals surface area contributed by atoms with Crippen molar-refractivity contribution in [3.05, 3.63) is 0 Å². The molecule has 1 unspecified atom stereocenters. The zero-order chi connectivity index (χ0) is 10.4. The zero-order valence-electron chi connectivity index (χ0n) is 8.49. The van der Waals surface area contributed by atoms with E-state index in [1.54, 1.807) is 7.11 Å². The highest BCUT2D eigenvalue weighted by atomic mass is 16.5. The minimum absolute atomic E-state index is 0.0885. The second kappa shape index (κ2) is 5.95. The summed E-state index contributed by atoms with van der Waals surface area (Å²) in [5.74, 6) is -0.0885. The highest BCUT2D eigenvalue weighted by molar-refractivity contribution is 5.81. The molecule has 5 heteroatoms. The molecule has 0 radical (unpaired) electrons. The van der Waals surface area contributed by atoms with E-state index in [9.17, 15) is 4.79 Å². The third kappa shape index (κ3) is 3.61. The molecule has 1 heterocycles. The number of carbonyl (C=O) groups excluding carboxylic acids is 1. The average molecular weight is 202 g/mol. The number of hydrogen-bond donors (Lipinski definition) is 2. The van der Waals surface area contributed by atoms with Gasteiger partial charge < -0.3 is 20.5 Å². The van der Waals surface area contributed by atoms with Crippen molar-refractivity contribution >= 4 is 5.91 Å². The van der Waals surface area contributed by atoms with Gasteiger partial charge in [0, 0.05) is 13.7 Å². The summed E-state index contributed by atoms with van der Waals surface area (Å²) in [6.07, 6.45) is 1.47. The van der Waals surface area contributed by atoms with Crippen molar-refractivity contribution in [2.24, 2.45) is 5.73 Å². The van der Waals surface area contributed by atoms with Gasteiger partial charge in [0.1, 0.15) is 0 Å². The number of nitrogens with one attached hydrogen (secondary N) is 1. The Kier molecular flexibility index (Phi) is 4.86. The van der Waals surface area contributed by atoms with Crippen LogP contribution in [0.15, 0.2) is 0 Å². The Morgan fingerprint density at radius 3 is 2.93 bits per heavy atom. The molecule has 1 amide bonds. The van der Waals surface area contributed by atoms with Crippen LogP contribution in [-0.2, 0) is 14.3 Å². The highest BCUT2D eigenvalue weighted by Crippen LogP contribution is 2.01. The maximum Gasteiger partial charge on any atom is 0.237 e. The first kappa shape index (κ1) is 11.4. The monoisotopic (exact) mass is 202 g/mol. The summed E-state index contributed by atoms with van der Waals surface area (Å²) in [7, 11) is 1.64. The van der Waals surface area contributed by atoms with Gasteiger partial charge in [-0.25, -0.2) is 0 Å². The van der Waals surface area contributed by atoms with E-state index in [-0.39, 0.29) is 11.9 Å². The van der Waals surface area contributed by atoms with Gasteiger partial charge >= 0.3 is 0 Å². The van der Waals surface area contributed by atoms with Crippen LogP contribution in [0, 0.1) is 0 Å². The van der Waals surface area contributed by atoms with Crippen molar-refractivity contribution in [3.63, 3.8) is 0 Å². The number of ether oxygens (including phenoxy) is 2. The first-order valence-corrected chi connectivity index (χ1v) is 4.86. The molecule has 1 aliphatic heterocycles. The fourth-order valence-electron chi connectivity index (χ4n) is 1.21. The third-order valence-corrected chi connectivity index (χ3v) is 2.18. The Hall–Kier alpha value is -0.650. The van der Waals surface area contributed by atoms with Gasteiger partial charge in [-0.15, -0.1) is 0 Å². The molecule has 3 N–H and O–H groups in total. The van der Waals surface area contributed by atoms with E-state index in [0.717, 1.165) is 6.42 Å². The van der Waals surface area contributed by atoms with Crippen LogP contribution >= 0.6 is 0 Å². The SMILES string of the molecule is COCCCC(N)C(=O)NC1COC1. The van der Waals surface area contributed by atoms with Gasteiger partial charge in [-0.1, -0.05) is 0 Å². The van der Waals surface area contributed by atoms with Crippen LogP contribution in [0.4, 0.5) is 0 Å². The lowest BCUT2D eigenvalue weighted by molar-refractivity contribution is -0.126. The first-order chi connectivity index (χ1) is 6.74. The summed E-state index contributed by atoms with van der Waals surface area (Å²) < 4.78 is 9.82. The number of carbonyl (C=O) groups is 1. The summed E-state index contributed by atoms with van der Waals surface area (Å²) in [6, 6.07) is -0.262. The van der Waals surface area contributed by atoms with Crippen LogP contribution in [0.1, 0.15) is 12.8 Å². The van der Waals surface area contributed by atoms with E-state index in [4.69, 9.17) is 15.2 Å². The van der Waals surface area contributed by atoms with E-state index < -0.39 is 6.04 Å². The second-order valence-electron chi connectivity index (χ2n) is 3.48. The number of nitrogens with two attached hydrogens (primary N) is 1. The van der Waals surface area contributed by atoms with E-state index in [0.29, 0.717) is 26.2 Å². The summed E-state index contributed by atoms with van der Waals surface area (Å²) in [5.41, 5.74) is 5.68. The van der Waals surface area contributed by atoms with Crippen molar-refractivity contribution in [2.75, 3.05) is 26.9 Å². The van der Waals surface area contributed by atoms with Gasteiger partial charge in [0.25, 0.3) is 0 Å². The lowest BCUT2D eigenvalue weighted by Gasteiger charge is -2.28. The molecule has 0 aromatic carbocycles. The molecule has 0 aromatic heterocycles. The standard InChI is InChI=1S/C9H18N2O3/c1-13-4-2-3-8(10)9(12)11-7-5-14-6-7/h7-8H,2-6,10H2,1H3,(H,11,12). The van der Waals surface area contributed by atoms with Crippen LogP contribution in [-0.4, -0.2) is 44.9 Å². The molecule has 0 aromatic rings. The number of amides is 1. The Morgan fingerprint density at radius 2 is 2.43 bits per heavy atom. The molecule has 1 fully saturated rings. The molecule has 5 nitrogen and oxygen atoms in total. The molecule has 1 rings (SSSR count). The first-order valence-electron chi connectivity index (χ1n) is 4.86. The fourth-order valence-corrected chi connectivity index (χ4v) is 1.21. The van der Waals surface area contributed by atoms with Crippen molar-refractivity contribution in [1.82, 2.24) is 5.32 Å². The Labute approximate surface area is 83.9 Å². The molecule has 1 atom stereocenters. The van der Waals surface area contributed by atoms with Crippen LogP contribution in [0.5, 0.6) is 0 Å². The molecule has 14 heavy (non-hydrogen) atoms. The molecule has 0 spiro atoms. The second-order valence-corrected chi connectivity index (χ2v) is 3.48. The van der Waals surface area contributed by atoms with Gasteiger partial charge in [0.2, 0.25) is 5.91 Å². The zero-order valence-corrected chi connectivity index (χ0v) is 8.49. The van der Waals surface area contributed by atoms with Crippen LogP contribution in [0.3, 0.4) is 0 Å². The topological polar surface area (TPSA) is 73.6 Å². The minimum Gasteiger partial charge on any atom is -0.385 e. The Balaban J connectivity index is 2.08. The van der Waals surface area contributed by atoms with Crippen molar-refractivity contribution < 1.29 is 14.3 Å². The van der Waals surface area contributed by atoms with Crippen LogP contribution in [0.2, 0.25) is 0 Å². The molecule has 1 saturated heterocycles. The normalized spacial score (nSPS) is 18.7. The fraction of sp³-hybridized carbons (Fsp3) is 0.889. The van der Waals surface area contributed by atoms with Crippen LogP contribution < -0.4 is 11.1 Å². The van der Waals surface area contributed by atoms with Gasteiger partial charge in [-0.05, 0) is 12.8 Å². The Morgan fingerprint density at radius 1 is 1.71 bits per heavy atom. The lowest BCUT2D eigenvalue weighted by atomic mass is 10.1. The van der Waals surface area contributed by atoms with E-state index in [1.165, 1.54) is 0 Å². The van der Waals surface area contributed by atoms with Gasteiger partial charge in [-0.3, -0.25) is 4.79 Å². The van der Waals surface area contributed by atoms with Crippen molar-refractivity contribution in [1.29, 1.82) is 0 Å². The summed E-state index contributed by atoms with van der Waals surface area (Å²) in [4.78, 5) is 11.4. The molecular formula is C9H18N2O3. The maximum absolute atomic E-state index is 11.4. The molecule has 0 saturated carbocycles. The van der Waals surface area contributed by atoms with Crippen LogP contribution in [0.25, 0.3) is 0 Å². The molecule has 1 aliphatic rings. The molecule has 0 aliphatic carbocycles.